The molecule has 3 heteroatoms. The monoisotopic (exact) mass is 1790 g/mol. The molecule has 15 aromatic rings. The predicted octanol–water partition coefficient (Wildman–Crippen LogP) is 39.7. The first-order chi connectivity index (χ1) is 67.0. The van der Waals surface area contributed by atoms with E-state index in [-0.39, 0.29) is 0 Å². The highest BCUT2D eigenvalue weighted by molar-refractivity contribution is 6.05. The van der Waals surface area contributed by atoms with Crippen molar-refractivity contribution in [2.75, 3.05) is 14.7 Å². The van der Waals surface area contributed by atoms with Crippen LogP contribution < -0.4 is 14.7 Å². The lowest BCUT2D eigenvalue weighted by Gasteiger charge is -2.41. The minimum absolute atomic E-state index is 1.00. The van der Waals surface area contributed by atoms with Crippen LogP contribution in [0.4, 0.5) is 51.2 Å². The zero-order chi connectivity index (χ0) is 98.0. The number of benzene rings is 15. The minimum atomic E-state index is 1.00. The van der Waals surface area contributed by atoms with Gasteiger partial charge in [0.2, 0.25) is 0 Å². The fourth-order valence-corrected chi connectivity index (χ4v) is 21.8. The van der Waals surface area contributed by atoms with Crippen LogP contribution in [0.2, 0.25) is 0 Å². The van der Waals surface area contributed by atoms with Crippen molar-refractivity contribution in [3.8, 4) is 66.8 Å². The summed E-state index contributed by atoms with van der Waals surface area (Å²) in [5, 5.41) is 0. The third kappa shape index (κ3) is 18.8. The van der Waals surface area contributed by atoms with Gasteiger partial charge in [0, 0.05) is 66.7 Å². The molecule has 3 nitrogen and oxygen atoms in total. The molecule has 6 aliphatic carbocycles. The van der Waals surface area contributed by atoms with E-state index in [0.29, 0.717) is 0 Å². The summed E-state index contributed by atoms with van der Waals surface area (Å²) < 4.78 is 0. The molecule has 27 rings (SSSR count). The van der Waals surface area contributed by atoms with Crippen LogP contribution in [0, 0.1) is 0 Å². The third-order valence-corrected chi connectivity index (χ3v) is 26.1. The molecule has 0 unspecified atom stereocenters. The zero-order valence-corrected chi connectivity index (χ0v) is 88.3. The number of hydrogen-bond acceptors (Lipinski definition) is 3. The van der Waals surface area contributed by atoms with Gasteiger partial charge >= 0.3 is 0 Å². The van der Waals surface area contributed by atoms with Crippen molar-refractivity contribution in [3.05, 3.63) is 407 Å². The van der Waals surface area contributed by atoms with Gasteiger partial charge in [-0.2, -0.15) is 0 Å². The Morgan fingerprint density at radius 2 is 0.370 bits per heavy atom. The molecule has 702 valence electrons. The van der Waals surface area contributed by atoms with E-state index in [4.69, 9.17) is 0 Å². The summed E-state index contributed by atoms with van der Waals surface area (Å²) in [6.07, 6.45) is 12.3. The van der Waals surface area contributed by atoms with Gasteiger partial charge in [0.15, 0.2) is 0 Å². The average Bonchev–Trinajstić information content (AvgIpc) is 1.65. The molecular weight excluding hydrogens is 1630 g/mol. The molecule has 0 bridgehead atoms. The number of rotatable bonds is 0. The summed E-state index contributed by atoms with van der Waals surface area (Å²) in [7, 11) is 0. The van der Waals surface area contributed by atoms with Crippen molar-refractivity contribution in [3.63, 3.8) is 0 Å². The van der Waals surface area contributed by atoms with E-state index in [9.17, 15) is 0 Å². The van der Waals surface area contributed by atoms with Crippen LogP contribution in [-0.2, 0) is 77.0 Å². The molecule has 0 N–H and O–H groups in total. The van der Waals surface area contributed by atoms with Gasteiger partial charge in [-0.3, -0.25) is 0 Å². The van der Waals surface area contributed by atoms with Crippen LogP contribution in [-0.4, -0.2) is 0 Å². The molecular formula is C132H159N3. The van der Waals surface area contributed by atoms with Crippen LogP contribution in [0.3, 0.4) is 0 Å². The lowest BCUT2D eigenvalue weighted by Crippen LogP contribution is -2.26. The van der Waals surface area contributed by atoms with Crippen LogP contribution in [0.1, 0.15) is 341 Å². The molecule has 0 fully saturated rings. The second-order valence-electron chi connectivity index (χ2n) is 31.5. The van der Waals surface area contributed by atoms with Gasteiger partial charge in [0.25, 0.3) is 0 Å². The second kappa shape index (κ2) is 49.8. The first kappa shape index (κ1) is 105. The quantitative estimate of drug-likeness (QED) is 0.150. The SMILES string of the molecule is CC.CC.CC.CC.CC.CC.CC.CC.CC.CC.CC.CC.CC.CC.CC.c1ccc2c(c1)Cc1c-2cc2c3c1Cc1ccc4c(c1N3c1ccccc1C2)-c1ccccc1C4.c1ccc2c(c1)Cc1cc3c(cc1-2)Cc1cc2c(c4c1N3c1ccccc1C4)Cc1ccccc1-2.c1ccc2c(c1)Cc1cc3c4c(c1-2)Cc1ccc2c(c1N4c1ccccc1C3)-c1ccccc1C2. The molecule has 0 saturated carbocycles. The fraction of sp³-hybridized carbons (Fsp3) is 0.318. The fourth-order valence-electron chi connectivity index (χ4n) is 21.8. The Morgan fingerprint density at radius 1 is 0.126 bits per heavy atom. The maximum Gasteiger partial charge on any atom is 0.0578 e. The maximum absolute atomic E-state index is 2.65. The first-order valence-electron chi connectivity index (χ1n) is 53.2. The van der Waals surface area contributed by atoms with Crippen molar-refractivity contribution < 1.29 is 0 Å². The van der Waals surface area contributed by atoms with Gasteiger partial charge < -0.3 is 14.7 Å². The Labute approximate surface area is 818 Å². The smallest absolute Gasteiger partial charge is 0.0578 e. The summed E-state index contributed by atoms with van der Waals surface area (Å²) in [5.41, 5.74) is 65.4. The van der Waals surface area contributed by atoms with Gasteiger partial charge in [-0.1, -0.05) is 438 Å². The highest BCUT2D eigenvalue weighted by Crippen LogP contribution is 2.63. The average molecular weight is 1790 g/mol. The first-order valence-corrected chi connectivity index (χ1v) is 53.2. The minimum Gasteiger partial charge on any atom is -0.309 e. The van der Waals surface area contributed by atoms with Crippen LogP contribution in [0.5, 0.6) is 0 Å². The molecule has 0 spiro atoms. The Kier molecular flexibility index (Phi) is 38.6. The number of anilines is 9. The van der Waals surface area contributed by atoms with Crippen LogP contribution in [0.15, 0.2) is 273 Å². The van der Waals surface area contributed by atoms with Crippen molar-refractivity contribution in [1.29, 1.82) is 0 Å². The molecule has 0 aromatic heterocycles. The highest BCUT2D eigenvalue weighted by atomic mass is 15.2. The number of para-hydroxylation sites is 3. The lowest BCUT2D eigenvalue weighted by molar-refractivity contribution is 0.992. The summed E-state index contributed by atoms with van der Waals surface area (Å²) in [6, 6.07) is 103. The highest BCUT2D eigenvalue weighted by Gasteiger charge is 2.43. The van der Waals surface area contributed by atoms with E-state index < -0.39 is 0 Å². The van der Waals surface area contributed by atoms with Crippen molar-refractivity contribution >= 4 is 51.2 Å². The maximum atomic E-state index is 2.65. The molecule has 6 aliphatic heterocycles. The van der Waals surface area contributed by atoms with Crippen molar-refractivity contribution in [2.24, 2.45) is 0 Å². The topological polar surface area (TPSA) is 9.72 Å². The standard InChI is InChI=1S/3C34H23N.15C2H6/c1-4-10-26-21(8-1)17-29-28(26)19-25-16-22-9-3-6-12-31(22)35-33(25)30(29)18-24-14-13-23-15-20-7-2-5-11-27(20)32(23)34(24)35;1-4-10-27-21(8-1)16-25-18-26-17-22-9-3-6-12-30(22)35-33(26)29(31(25)27)19-24-14-13-23-15-20-7-2-5-11-28(20)32(23)34(24)35;1-4-10-26-20(7-1)13-23-19-33-24(17-28(23)26)14-25-18-29-27-11-5-2-8-21(27)15-30(29)31-16-22-9-3-6-12-32(22)35(33)34(25)31;15*1-2/h1-14,19H,15-18H2;1-14,18H,15-17,19H2;1-12,17-19H,13-16H2;15*1-2H3. The molecule has 135 heavy (non-hydrogen) atoms. The van der Waals surface area contributed by atoms with Gasteiger partial charge in [0.1, 0.15) is 0 Å². The van der Waals surface area contributed by atoms with Crippen LogP contribution >= 0.6 is 0 Å². The number of nitrogens with zero attached hydrogens (tertiary/aromatic N) is 3. The lowest BCUT2D eigenvalue weighted by atomic mass is 9.80. The van der Waals surface area contributed by atoms with Gasteiger partial charge in [-0.25, -0.2) is 0 Å². The van der Waals surface area contributed by atoms with Crippen molar-refractivity contribution in [1.82, 2.24) is 0 Å². The van der Waals surface area contributed by atoms with E-state index in [2.05, 4.69) is 288 Å². The Morgan fingerprint density at radius 3 is 0.778 bits per heavy atom. The largest absolute Gasteiger partial charge is 0.309 e. The molecule has 12 aliphatic rings. The van der Waals surface area contributed by atoms with E-state index in [1.165, 1.54) is 229 Å². The Balaban J connectivity index is 0.000000184. The summed E-state index contributed by atoms with van der Waals surface area (Å²) in [4.78, 5) is 7.89. The second-order valence-corrected chi connectivity index (χ2v) is 31.5. The number of hydrogen-bond donors (Lipinski definition) is 0. The van der Waals surface area contributed by atoms with E-state index >= 15 is 0 Å². The van der Waals surface area contributed by atoms with E-state index in [1.807, 2.05) is 208 Å². The molecule has 0 amide bonds. The van der Waals surface area contributed by atoms with Gasteiger partial charge in [-0.05, 0) is 270 Å². The van der Waals surface area contributed by atoms with Gasteiger partial charge in [0.05, 0.1) is 34.1 Å². The van der Waals surface area contributed by atoms with E-state index in [0.717, 1.165) is 77.0 Å². The summed E-state index contributed by atoms with van der Waals surface area (Å²) in [5.74, 6) is 0. The Hall–Kier alpha value is -12.3. The normalized spacial score (nSPS) is 12.3. The molecule has 0 saturated heterocycles. The Bertz CT molecular complexity index is 6490. The molecule has 0 radical (unpaired) electrons. The summed E-state index contributed by atoms with van der Waals surface area (Å²) in [6.45, 7) is 60.0. The molecule has 0 atom stereocenters. The predicted molar refractivity (Wildman–Crippen MR) is 600 cm³/mol. The summed E-state index contributed by atoms with van der Waals surface area (Å²) >= 11 is 0. The zero-order valence-electron chi connectivity index (χ0n) is 88.3. The number of fused-ring (bicyclic) bond motifs is 35. The van der Waals surface area contributed by atoms with Crippen molar-refractivity contribution in [2.45, 2.75) is 285 Å². The van der Waals surface area contributed by atoms with E-state index in [1.54, 1.807) is 22.3 Å². The third-order valence-electron chi connectivity index (χ3n) is 26.1. The van der Waals surface area contributed by atoms with Gasteiger partial charge in [-0.15, -0.1) is 0 Å². The van der Waals surface area contributed by atoms with Crippen LogP contribution in [0.25, 0.3) is 66.8 Å². The molecule has 6 heterocycles. The molecule has 15 aromatic carbocycles.